The fourth-order valence-electron chi connectivity index (χ4n) is 3.19. The van der Waals surface area contributed by atoms with Gasteiger partial charge < -0.3 is 10.1 Å². The molecule has 0 fully saturated rings. The number of sulfonamides is 1. The third-order valence-electron chi connectivity index (χ3n) is 4.90. The first kappa shape index (κ1) is 26.3. The summed E-state index contributed by atoms with van der Waals surface area (Å²) in [5.74, 6) is -2.76. The second-order valence-electron chi connectivity index (χ2n) is 7.13. The monoisotopic (exact) mass is 521 g/mol. The van der Waals surface area contributed by atoms with Crippen molar-refractivity contribution in [2.75, 3.05) is 7.05 Å². The Kier molecular flexibility index (Phi) is 7.71. The van der Waals surface area contributed by atoms with Crippen LogP contribution in [0.15, 0.2) is 60.1 Å². The van der Waals surface area contributed by atoms with Gasteiger partial charge in [-0.25, -0.2) is 27.9 Å². The zero-order valence-electron chi connectivity index (χ0n) is 18.4. The number of H-pyrrole nitrogens is 1. The molecular weight excluding hydrogens is 503 g/mol. The van der Waals surface area contributed by atoms with Gasteiger partial charge in [-0.1, -0.05) is 12.1 Å². The topological polar surface area (TPSA) is 167 Å². The van der Waals surface area contributed by atoms with Crippen LogP contribution in [0.1, 0.15) is 18.0 Å². The van der Waals surface area contributed by atoms with Gasteiger partial charge in [0.05, 0.1) is 35.3 Å². The van der Waals surface area contributed by atoms with Crippen LogP contribution in [-0.4, -0.2) is 57.5 Å². The molecule has 0 saturated heterocycles. The van der Waals surface area contributed by atoms with Crippen molar-refractivity contribution in [1.29, 1.82) is 5.26 Å². The Morgan fingerprint density at radius 3 is 2.67 bits per heavy atom. The van der Waals surface area contributed by atoms with Crippen molar-refractivity contribution in [2.45, 2.75) is 23.5 Å². The molecule has 15 heteroatoms. The number of nitrogens with zero attached hydrogens (tertiary/aromatic N) is 5. The molecule has 36 heavy (non-hydrogen) atoms. The highest BCUT2D eigenvalue weighted by Gasteiger charge is 2.38. The maximum Gasteiger partial charge on any atom is 0.490 e. The molecule has 188 valence electrons. The molecule has 1 aromatic carbocycles. The zero-order chi connectivity index (χ0) is 26.5. The van der Waals surface area contributed by atoms with Gasteiger partial charge in [-0.2, -0.15) is 23.5 Å². The molecule has 0 amide bonds. The molecule has 0 bridgehead atoms. The van der Waals surface area contributed by atoms with Crippen molar-refractivity contribution in [3.8, 4) is 17.3 Å². The quantitative estimate of drug-likeness (QED) is 0.348. The van der Waals surface area contributed by atoms with Crippen LogP contribution >= 0.6 is 0 Å². The maximum atomic E-state index is 12.1. The lowest BCUT2D eigenvalue weighted by atomic mass is 10.0. The SMILES string of the molecule is CNS(=O)(=O)c1cccc(C(CC#N)n2cc(-c3ncnc4[nH]ccc34)cn2)c1.O=C(O)C(F)(F)F. The number of aromatic amines is 1. The van der Waals surface area contributed by atoms with E-state index in [1.165, 1.54) is 19.4 Å². The third kappa shape index (κ3) is 5.85. The summed E-state index contributed by atoms with van der Waals surface area (Å²) in [5.41, 5.74) is 2.90. The van der Waals surface area contributed by atoms with Gasteiger partial charge in [0.2, 0.25) is 10.0 Å². The third-order valence-corrected chi connectivity index (χ3v) is 6.31. The van der Waals surface area contributed by atoms with E-state index in [0.717, 1.165) is 22.3 Å². The average molecular weight is 521 g/mol. The molecule has 1 atom stereocenters. The Labute approximate surface area is 202 Å². The number of hydrogen-bond donors (Lipinski definition) is 3. The zero-order valence-corrected chi connectivity index (χ0v) is 19.2. The maximum absolute atomic E-state index is 12.1. The molecule has 4 rings (SSSR count). The summed E-state index contributed by atoms with van der Waals surface area (Å²) in [6.45, 7) is 0. The molecule has 0 aliphatic heterocycles. The number of carboxylic acid groups (broad SMARTS) is 1. The fourth-order valence-corrected chi connectivity index (χ4v) is 3.98. The van der Waals surface area contributed by atoms with E-state index >= 15 is 0 Å². The van der Waals surface area contributed by atoms with Crippen LogP contribution in [-0.2, 0) is 14.8 Å². The molecule has 0 spiro atoms. The number of alkyl halides is 3. The van der Waals surface area contributed by atoms with E-state index < -0.39 is 28.2 Å². The number of aromatic nitrogens is 5. The summed E-state index contributed by atoms with van der Waals surface area (Å²) in [6, 6.07) is 10.1. The van der Waals surface area contributed by atoms with E-state index in [9.17, 15) is 26.9 Å². The van der Waals surface area contributed by atoms with Crippen molar-refractivity contribution < 1.29 is 31.5 Å². The van der Waals surface area contributed by atoms with Crippen LogP contribution in [0.3, 0.4) is 0 Å². The minimum Gasteiger partial charge on any atom is -0.475 e. The van der Waals surface area contributed by atoms with Crippen LogP contribution in [0.5, 0.6) is 0 Å². The minimum absolute atomic E-state index is 0.132. The first-order valence-corrected chi connectivity index (χ1v) is 11.5. The van der Waals surface area contributed by atoms with Gasteiger partial charge >= 0.3 is 12.1 Å². The highest BCUT2D eigenvalue weighted by Crippen LogP contribution is 2.28. The lowest BCUT2D eigenvalue weighted by Gasteiger charge is -2.16. The van der Waals surface area contributed by atoms with Crippen molar-refractivity contribution in [3.63, 3.8) is 0 Å². The van der Waals surface area contributed by atoms with Gasteiger partial charge in [-0.05, 0) is 30.8 Å². The van der Waals surface area contributed by atoms with E-state index in [2.05, 4.69) is 30.8 Å². The minimum atomic E-state index is -5.08. The van der Waals surface area contributed by atoms with Crippen LogP contribution in [0, 0.1) is 11.3 Å². The largest absolute Gasteiger partial charge is 0.490 e. The summed E-state index contributed by atoms with van der Waals surface area (Å²) >= 11 is 0. The first-order chi connectivity index (χ1) is 17.0. The highest BCUT2D eigenvalue weighted by molar-refractivity contribution is 7.89. The molecule has 3 aromatic heterocycles. The van der Waals surface area contributed by atoms with E-state index in [1.54, 1.807) is 41.5 Å². The molecule has 3 heterocycles. The second-order valence-corrected chi connectivity index (χ2v) is 9.02. The molecule has 11 nitrogen and oxygen atoms in total. The molecule has 1 unspecified atom stereocenters. The average Bonchev–Trinajstić information content (AvgIpc) is 3.52. The molecule has 4 aromatic rings. The number of nitriles is 1. The second kappa shape index (κ2) is 10.5. The number of rotatable bonds is 6. The number of fused-ring (bicyclic) bond motifs is 1. The lowest BCUT2D eigenvalue weighted by molar-refractivity contribution is -0.192. The summed E-state index contributed by atoms with van der Waals surface area (Å²) in [5, 5.41) is 21.7. The fraction of sp³-hybridized carbons (Fsp3) is 0.190. The molecule has 0 aliphatic rings. The normalized spacial score (nSPS) is 12.4. The number of aliphatic carboxylic acids is 1. The number of nitrogens with one attached hydrogen (secondary N) is 2. The van der Waals surface area contributed by atoms with Crippen molar-refractivity contribution in [2.24, 2.45) is 0 Å². The van der Waals surface area contributed by atoms with Crippen LogP contribution in [0.25, 0.3) is 22.3 Å². The van der Waals surface area contributed by atoms with Crippen LogP contribution in [0.2, 0.25) is 0 Å². The molecule has 3 N–H and O–H groups in total. The van der Waals surface area contributed by atoms with Gasteiger partial charge in [0, 0.05) is 23.3 Å². The Balaban J connectivity index is 0.000000454. The molecule has 0 aliphatic carbocycles. The van der Waals surface area contributed by atoms with Crippen molar-refractivity contribution >= 4 is 27.0 Å². The van der Waals surface area contributed by atoms with Crippen molar-refractivity contribution in [1.82, 2.24) is 29.5 Å². The van der Waals surface area contributed by atoms with Gasteiger partial charge in [0.15, 0.2) is 0 Å². The molecule has 0 radical (unpaired) electrons. The Morgan fingerprint density at radius 1 is 1.31 bits per heavy atom. The standard InChI is InChI=1S/C19H17N7O2S.C2HF3O2/c1-21-29(27,28)15-4-2-3-13(9-15)17(5-7-20)26-11-14(10-25-26)18-16-6-8-22-19(16)24-12-23-18;3-2(4,5)1(6)7/h2-4,6,8-12,17,21H,5H2,1H3,(H,22,23,24);(H,6,7). The summed E-state index contributed by atoms with van der Waals surface area (Å²) in [6.07, 6.45) is 1.79. The summed E-state index contributed by atoms with van der Waals surface area (Å²) < 4.78 is 60.0. The van der Waals surface area contributed by atoms with E-state index in [0.29, 0.717) is 5.56 Å². The van der Waals surface area contributed by atoms with Gasteiger partial charge in [-0.3, -0.25) is 4.68 Å². The van der Waals surface area contributed by atoms with Gasteiger partial charge in [0.1, 0.15) is 12.0 Å². The van der Waals surface area contributed by atoms with Gasteiger partial charge in [0.25, 0.3) is 0 Å². The number of hydrogen-bond acceptors (Lipinski definition) is 7. The predicted octanol–water partition coefficient (Wildman–Crippen LogP) is 2.87. The summed E-state index contributed by atoms with van der Waals surface area (Å²) in [7, 11) is -2.23. The first-order valence-electron chi connectivity index (χ1n) is 10.0. The van der Waals surface area contributed by atoms with Gasteiger partial charge in [-0.15, -0.1) is 0 Å². The molecule has 0 saturated carbocycles. The number of carbonyl (C=O) groups is 1. The number of halogens is 3. The predicted molar refractivity (Wildman–Crippen MR) is 120 cm³/mol. The van der Waals surface area contributed by atoms with Crippen LogP contribution in [0.4, 0.5) is 13.2 Å². The van der Waals surface area contributed by atoms with Crippen molar-refractivity contribution in [3.05, 3.63) is 60.8 Å². The van der Waals surface area contributed by atoms with E-state index in [-0.39, 0.29) is 11.3 Å². The highest BCUT2D eigenvalue weighted by atomic mass is 32.2. The molecular formula is C21H18F3N7O4S. The Hall–Kier alpha value is -4.29. The van der Waals surface area contributed by atoms with E-state index in [4.69, 9.17) is 9.90 Å². The Morgan fingerprint density at radius 2 is 2.03 bits per heavy atom. The smallest absolute Gasteiger partial charge is 0.475 e. The summed E-state index contributed by atoms with van der Waals surface area (Å²) in [4.78, 5) is 20.6. The number of carboxylic acids is 1. The lowest BCUT2D eigenvalue weighted by Crippen LogP contribution is -2.21. The number of benzene rings is 1. The van der Waals surface area contributed by atoms with E-state index in [1.807, 2.05) is 6.07 Å². The van der Waals surface area contributed by atoms with Crippen LogP contribution < -0.4 is 4.72 Å². The Bertz CT molecular complexity index is 1520.